The van der Waals surface area contributed by atoms with Crippen LogP contribution in [-0.4, -0.2) is 0 Å². The summed E-state index contributed by atoms with van der Waals surface area (Å²) in [5.41, 5.74) is 4.52. The molecule has 0 aliphatic heterocycles. The molecule has 0 aliphatic carbocycles. The highest BCUT2D eigenvalue weighted by molar-refractivity contribution is 9.10. The molecule has 3 aromatic rings. The topological polar surface area (TPSA) is 25.2 Å². The second-order valence-electron chi connectivity index (χ2n) is 4.95. The van der Waals surface area contributed by atoms with Gasteiger partial charge in [0.15, 0.2) is 0 Å². The Labute approximate surface area is 126 Å². The van der Waals surface area contributed by atoms with Gasteiger partial charge in [0.1, 0.15) is 11.3 Å². The maximum atomic E-state index is 5.78. The van der Waals surface area contributed by atoms with E-state index < -0.39 is 0 Å². The first-order chi connectivity index (χ1) is 9.65. The summed E-state index contributed by atoms with van der Waals surface area (Å²) in [7, 11) is 0. The number of benzene rings is 2. The lowest BCUT2D eigenvalue weighted by Crippen LogP contribution is -2.00. The molecule has 3 heteroatoms. The van der Waals surface area contributed by atoms with E-state index in [2.05, 4.69) is 52.4 Å². The summed E-state index contributed by atoms with van der Waals surface area (Å²) in [4.78, 5) is 0. The van der Waals surface area contributed by atoms with Crippen LogP contribution in [0, 0.1) is 13.8 Å². The number of furan rings is 1. The van der Waals surface area contributed by atoms with Gasteiger partial charge in [-0.1, -0.05) is 34.1 Å². The van der Waals surface area contributed by atoms with Gasteiger partial charge in [-0.05, 0) is 43.7 Å². The van der Waals surface area contributed by atoms with Crippen LogP contribution < -0.4 is 5.32 Å². The lowest BCUT2D eigenvalue weighted by Gasteiger charge is -2.08. The molecule has 20 heavy (non-hydrogen) atoms. The second kappa shape index (κ2) is 5.33. The number of nitrogens with one attached hydrogen (secondary N) is 1. The van der Waals surface area contributed by atoms with Crippen LogP contribution in [0.5, 0.6) is 0 Å². The fourth-order valence-electron chi connectivity index (χ4n) is 2.39. The van der Waals surface area contributed by atoms with Crippen LogP contribution in [0.25, 0.3) is 11.0 Å². The molecule has 0 spiro atoms. The Kier molecular flexibility index (Phi) is 3.53. The van der Waals surface area contributed by atoms with Crippen molar-refractivity contribution >= 4 is 32.6 Å². The molecule has 1 N–H and O–H groups in total. The van der Waals surface area contributed by atoms with E-state index in [4.69, 9.17) is 4.42 Å². The van der Waals surface area contributed by atoms with Crippen LogP contribution in [-0.2, 0) is 6.54 Å². The Morgan fingerprint density at radius 3 is 2.70 bits per heavy atom. The highest BCUT2D eigenvalue weighted by atomic mass is 79.9. The molecule has 0 unspecified atom stereocenters. The molecular weight excluding hydrogens is 314 g/mol. The average molecular weight is 330 g/mol. The van der Waals surface area contributed by atoms with Crippen molar-refractivity contribution in [1.29, 1.82) is 0 Å². The number of hydrogen-bond donors (Lipinski definition) is 1. The normalized spacial score (nSPS) is 10.9. The molecular formula is C17H16BrNO. The molecule has 0 aliphatic rings. The summed E-state index contributed by atoms with van der Waals surface area (Å²) >= 11 is 3.52. The third-order valence-electron chi connectivity index (χ3n) is 3.53. The van der Waals surface area contributed by atoms with Gasteiger partial charge in [-0.3, -0.25) is 0 Å². The minimum Gasteiger partial charge on any atom is -0.461 e. The number of halogens is 1. The molecule has 2 nitrogen and oxygen atoms in total. The average Bonchev–Trinajstić information content (AvgIpc) is 2.76. The lowest BCUT2D eigenvalue weighted by atomic mass is 10.1. The minimum atomic E-state index is 0.768. The molecule has 1 heterocycles. The second-order valence-corrected chi connectivity index (χ2v) is 5.80. The van der Waals surface area contributed by atoms with E-state index in [0.717, 1.165) is 28.0 Å². The third kappa shape index (κ3) is 2.46. The maximum Gasteiger partial charge on any atom is 0.134 e. The summed E-state index contributed by atoms with van der Waals surface area (Å²) in [6, 6.07) is 14.4. The molecule has 0 atom stereocenters. The van der Waals surface area contributed by atoms with E-state index in [1.807, 2.05) is 25.1 Å². The van der Waals surface area contributed by atoms with Gasteiger partial charge >= 0.3 is 0 Å². The molecule has 2 aromatic carbocycles. The van der Waals surface area contributed by atoms with Gasteiger partial charge < -0.3 is 9.73 Å². The van der Waals surface area contributed by atoms with Crippen LogP contribution in [0.2, 0.25) is 0 Å². The van der Waals surface area contributed by atoms with Crippen molar-refractivity contribution < 1.29 is 4.42 Å². The van der Waals surface area contributed by atoms with Gasteiger partial charge in [0, 0.05) is 27.7 Å². The SMILES string of the molecule is Cc1cc(NCc2c(C)oc3ccccc23)ccc1Br. The number of rotatable bonds is 3. The highest BCUT2D eigenvalue weighted by Gasteiger charge is 2.09. The van der Waals surface area contributed by atoms with E-state index in [-0.39, 0.29) is 0 Å². The van der Waals surface area contributed by atoms with Gasteiger partial charge in [-0.15, -0.1) is 0 Å². The first-order valence-corrected chi connectivity index (χ1v) is 7.41. The molecule has 0 bridgehead atoms. The van der Waals surface area contributed by atoms with Crippen molar-refractivity contribution in [3.8, 4) is 0 Å². The van der Waals surface area contributed by atoms with Crippen molar-refractivity contribution in [2.45, 2.75) is 20.4 Å². The van der Waals surface area contributed by atoms with Crippen LogP contribution >= 0.6 is 15.9 Å². The number of aryl methyl sites for hydroxylation is 2. The lowest BCUT2D eigenvalue weighted by molar-refractivity contribution is 0.573. The van der Waals surface area contributed by atoms with E-state index in [0.29, 0.717) is 0 Å². The fourth-order valence-corrected chi connectivity index (χ4v) is 2.63. The Morgan fingerprint density at radius 1 is 1.10 bits per heavy atom. The first kappa shape index (κ1) is 13.3. The van der Waals surface area contributed by atoms with Gasteiger partial charge in [-0.25, -0.2) is 0 Å². The van der Waals surface area contributed by atoms with Crippen LogP contribution in [0.3, 0.4) is 0 Å². The van der Waals surface area contributed by atoms with Gasteiger partial charge in [0.2, 0.25) is 0 Å². The van der Waals surface area contributed by atoms with Crippen molar-refractivity contribution in [3.05, 3.63) is 63.8 Å². The number of para-hydroxylation sites is 1. The molecule has 1 aromatic heterocycles. The smallest absolute Gasteiger partial charge is 0.134 e. The Hall–Kier alpha value is -1.74. The van der Waals surface area contributed by atoms with E-state index in [1.165, 1.54) is 16.5 Å². The highest BCUT2D eigenvalue weighted by Crippen LogP contribution is 2.26. The molecule has 3 rings (SSSR count). The summed E-state index contributed by atoms with van der Waals surface area (Å²) in [6.07, 6.45) is 0. The molecule has 102 valence electrons. The Morgan fingerprint density at radius 2 is 1.90 bits per heavy atom. The molecule has 0 fully saturated rings. The van der Waals surface area contributed by atoms with Gasteiger partial charge in [0.25, 0.3) is 0 Å². The van der Waals surface area contributed by atoms with E-state index >= 15 is 0 Å². The molecule has 0 saturated heterocycles. The van der Waals surface area contributed by atoms with Gasteiger partial charge in [0.05, 0.1) is 0 Å². The van der Waals surface area contributed by atoms with Crippen LogP contribution in [0.1, 0.15) is 16.9 Å². The summed E-state index contributed by atoms with van der Waals surface area (Å²) in [6.45, 7) is 4.88. The zero-order chi connectivity index (χ0) is 14.1. The number of anilines is 1. The fraction of sp³-hybridized carbons (Fsp3) is 0.176. The Bertz CT molecular complexity index is 761. The van der Waals surface area contributed by atoms with E-state index in [1.54, 1.807) is 0 Å². The summed E-state index contributed by atoms with van der Waals surface area (Å²) in [5.74, 6) is 0.979. The predicted octanol–water partition coefficient (Wildman–Crippen LogP) is 5.42. The minimum absolute atomic E-state index is 0.768. The molecule has 0 amide bonds. The van der Waals surface area contributed by atoms with Crippen LogP contribution in [0.15, 0.2) is 51.4 Å². The van der Waals surface area contributed by atoms with Gasteiger partial charge in [-0.2, -0.15) is 0 Å². The summed E-state index contributed by atoms with van der Waals surface area (Å²) in [5, 5.41) is 4.65. The number of hydrogen-bond acceptors (Lipinski definition) is 2. The largest absolute Gasteiger partial charge is 0.461 e. The van der Waals surface area contributed by atoms with Crippen molar-refractivity contribution in [1.82, 2.24) is 0 Å². The summed E-state index contributed by atoms with van der Waals surface area (Å²) < 4.78 is 6.92. The van der Waals surface area contributed by atoms with Crippen molar-refractivity contribution in [3.63, 3.8) is 0 Å². The quantitative estimate of drug-likeness (QED) is 0.693. The third-order valence-corrected chi connectivity index (χ3v) is 4.42. The standard InChI is InChI=1S/C17H16BrNO/c1-11-9-13(7-8-16(11)18)19-10-15-12(2)20-17-6-4-3-5-14(15)17/h3-9,19H,10H2,1-2H3. The Balaban J connectivity index is 1.86. The molecule has 0 saturated carbocycles. The van der Waals surface area contributed by atoms with Crippen molar-refractivity contribution in [2.24, 2.45) is 0 Å². The number of fused-ring (bicyclic) bond motifs is 1. The van der Waals surface area contributed by atoms with Crippen molar-refractivity contribution in [2.75, 3.05) is 5.32 Å². The molecule has 0 radical (unpaired) electrons. The zero-order valence-electron chi connectivity index (χ0n) is 11.5. The zero-order valence-corrected chi connectivity index (χ0v) is 13.1. The predicted molar refractivity (Wildman–Crippen MR) is 87.2 cm³/mol. The first-order valence-electron chi connectivity index (χ1n) is 6.62. The monoisotopic (exact) mass is 329 g/mol. The maximum absolute atomic E-state index is 5.78. The van der Waals surface area contributed by atoms with E-state index in [9.17, 15) is 0 Å². The van der Waals surface area contributed by atoms with Crippen LogP contribution in [0.4, 0.5) is 5.69 Å².